The Kier molecular flexibility index (Phi) is 3.86. The molecule has 0 fully saturated rings. The molecule has 0 N–H and O–H groups in total. The van der Waals surface area contributed by atoms with E-state index in [-0.39, 0.29) is 0 Å². The fraction of sp³-hybridized carbons (Fsp3) is 0.0500. The molecule has 0 radical (unpaired) electrons. The summed E-state index contributed by atoms with van der Waals surface area (Å²) in [6, 6.07) is 28.5. The first kappa shape index (κ1) is 14.2. The molecule has 0 unspecified atom stereocenters. The van der Waals surface area contributed by atoms with E-state index in [1.165, 1.54) is 11.4 Å². The van der Waals surface area contributed by atoms with Crippen LogP contribution in [0.25, 0.3) is 0 Å². The molecule has 0 saturated carbocycles. The van der Waals surface area contributed by atoms with Crippen molar-refractivity contribution in [2.45, 2.75) is 0 Å². The van der Waals surface area contributed by atoms with Crippen molar-refractivity contribution in [2.24, 2.45) is 0 Å². The van der Waals surface area contributed by atoms with Crippen LogP contribution in [0.15, 0.2) is 84.9 Å². The Labute approximate surface area is 130 Å². The van der Waals surface area contributed by atoms with Crippen molar-refractivity contribution >= 4 is 23.3 Å². The standard InChI is InChI=1S/C20H18NO/c1-21(18-8-4-2-5-9-18,19-10-6-3-7-11-19)20-14-12-17(16-22)13-15-20/h2-16H,1H3/q+1. The van der Waals surface area contributed by atoms with Crippen molar-refractivity contribution < 1.29 is 4.79 Å². The predicted octanol–water partition coefficient (Wildman–Crippen LogP) is 5.10. The highest BCUT2D eigenvalue weighted by Crippen LogP contribution is 2.41. The van der Waals surface area contributed by atoms with Crippen LogP contribution in [0.2, 0.25) is 0 Å². The van der Waals surface area contributed by atoms with Crippen molar-refractivity contribution in [3.8, 4) is 0 Å². The number of carbonyl (C=O) groups excluding carboxylic acids is 1. The Bertz CT molecular complexity index is 709. The molecular weight excluding hydrogens is 270 g/mol. The number of aldehydes is 1. The Hall–Kier alpha value is -2.71. The summed E-state index contributed by atoms with van der Waals surface area (Å²) in [4.78, 5) is 10.9. The monoisotopic (exact) mass is 288 g/mol. The molecule has 3 aromatic rings. The van der Waals surface area contributed by atoms with Gasteiger partial charge < -0.3 is 0 Å². The number of para-hydroxylation sites is 2. The summed E-state index contributed by atoms with van der Waals surface area (Å²) in [6.45, 7) is 0. The zero-order chi connectivity index (χ0) is 15.4. The second-order valence-corrected chi connectivity index (χ2v) is 5.39. The summed E-state index contributed by atoms with van der Waals surface area (Å²) in [7, 11) is 2.17. The maximum absolute atomic E-state index is 10.9. The van der Waals surface area contributed by atoms with Gasteiger partial charge in [0.1, 0.15) is 23.3 Å². The van der Waals surface area contributed by atoms with Crippen molar-refractivity contribution in [3.63, 3.8) is 0 Å². The highest BCUT2D eigenvalue weighted by Gasteiger charge is 2.30. The average Bonchev–Trinajstić information content (AvgIpc) is 2.62. The molecule has 0 aliphatic carbocycles. The van der Waals surface area contributed by atoms with E-state index in [9.17, 15) is 4.79 Å². The van der Waals surface area contributed by atoms with Crippen LogP contribution in [0.4, 0.5) is 17.1 Å². The van der Waals surface area contributed by atoms with Gasteiger partial charge in [-0.2, -0.15) is 0 Å². The lowest BCUT2D eigenvalue weighted by molar-refractivity contribution is 0.112. The van der Waals surface area contributed by atoms with E-state index in [0.717, 1.165) is 12.0 Å². The smallest absolute Gasteiger partial charge is 0.150 e. The van der Waals surface area contributed by atoms with Crippen LogP contribution < -0.4 is 4.48 Å². The maximum atomic E-state index is 10.9. The Morgan fingerprint density at radius 3 is 1.45 bits per heavy atom. The fourth-order valence-electron chi connectivity index (χ4n) is 2.75. The summed E-state index contributed by atoms with van der Waals surface area (Å²) >= 11 is 0. The van der Waals surface area contributed by atoms with Gasteiger partial charge in [-0.25, -0.2) is 4.48 Å². The summed E-state index contributed by atoms with van der Waals surface area (Å²) in [5.41, 5.74) is 4.15. The van der Waals surface area contributed by atoms with Gasteiger partial charge in [0, 0.05) is 17.7 Å². The van der Waals surface area contributed by atoms with Crippen LogP contribution in [0.5, 0.6) is 0 Å². The van der Waals surface area contributed by atoms with Gasteiger partial charge in [0.2, 0.25) is 0 Å². The van der Waals surface area contributed by atoms with E-state index in [1.54, 1.807) is 0 Å². The van der Waals surface area contributed by atoms with Crippen LogP contribution in [0, 0.1) is 0 Å². The number of rotatable bonds is 4. The maximum Gasteiger partial charge on any atom is 0.150 e. The highest BCUT2D eigenvalue weighted by molar-refractivity contribution is 5.77. The molecule has 0 saturated heterocycles. The minimum Gasteiger partial charge on any atom is -0.298 e. The first-order valence-electron chi connectivity index (χ1n) is 7.29. The first-order valence-corrected chi connectivity index (χ1v) is 7.29. The average molecular weight is 288 g/mol. The van der Waals surface area contributed by atoms with Gasteiger partial charge in [0.25, 0.3) is 0 Å². The molecule has 2 heteroatoms. The van der Waals surface area contributed by atoms with Gasteiger partial charge in [0.15, 0.2) is 0 Å². The third-order valence-corrected chi connectivity index (χ3v) is 4.09. The molecule has 22 heavy (non-hydrogen) atoms. The second kappa shape index (κ2) is 5.96. The molecule has 0 heterocycles. The van der Waals surface area contributed by atoms with Crippen molar-refractivity contribution in [1.82, 2.24) is 4.48 Å². The number of benzene rings is 3. The lowest BCUT2D eigenvalue weighted by Crippen LogP contribution is -2.33. The largest absolute Gasteiger partial charge is 0.298 e. The van der Waals surface area contributed by atoms with E-state index in [1.807, 2.05) is 36.4 Å². The first-order chi connectivity index (χ1) is 10.7. The number of hydrogen-bond donors (Lipinski definition) is 0. The molecule has 0 aromatic heterocycles. The van der Waals surface area contributed by atoms with E-state index in [4.69, 9.17) is 0 Å². The molecule has 0 aliphatic heterocycles. The van der Waals surface area contributed by atoms with Crippen molar-refractivity contribution in [1.29, 1.82) is 0 Å². The Balaban J connectivity index is 2.20. The Morgan fingerprint density at radius 1 is 0.636 bits per heavy atom. The molecule has 3 aromatic carbocycles. The van der Waals surface area contributed by atoms with Crippen LogP contribution >= 0.6 is 0 Å². The van der Waals surface area contributed by atoms with Crippen LogP contribution in [0.3, 0.4) is 0 Å². The van der Waals surface area contributed by atoms with Crippen molar-refractivity contribution in [2.75, 3.05) is 7.05 Å². The lowest BCUT2D eigenvalue weighted by atomic mass is 10.1. The van der Waals surface area contributed by atoms with Crippen molar-refractivity contribution in [3.05, 3.63) is 90.5 Å². The molecule has 3 rings (SSSR count). The van der Waals surface area contributed by atoms with E-state index in [2.05, 4.69) is 55.6 Å². The summed E-state index contributed by atoms with van der Waals surface area (Å²) in [5.74, 6) is 0. The van der Waals surface area contributed by atoms with E-state index in [0.29, 0.717) is 10.0 Å². The number of quaternary nitrogens is 1. The summed E-state index contributed by atoms with van der Waals surface area (Å²) in [5, 5.41) is 0. The predicted molar refractivity (Wildman–Crippen MR) is 91.8 cm³/mol. The molecule has 0 aliphatic rings. The highest BCUT2D eigenvalue weighted by atomic mass is 16.1. The normalized spacial score (nSPS) is 11.1. The summed E-state index contributed by atoms with van der Waals surface area (Å²) < 4.78 is 0.556. The lowest BCUT2D eigenvalue weighted by Gasteiger charge is -2.33. The zero-order valence-corrected chi connectivity index (χ0v) is 12.5. The van der Waals surface area contributed by atoms with Gasteiger partial charge in [-0.1, -0.05) is 36.4 Å². The molecule has 0 spiro atoms. The molecule has 2 nitrogen and oxygen atoms in total. The van der Waals surface area contributed by atoms with Crippen LogP contribution in [0.1, 0.15) is 10.4 Å². The number of hydrogen-bond acceptors (Lipinski definition) is 1. The molecular formula is C20H18NO+. The third kappa shape index (κ3) is 2.45. The van der Waals surface area contributed by atoms with Gasteiger partial charge in [-0.15, -0.1) is 0 Å². The minimum absolute atomic E-state index is 0.556. The van der Waals surface area contributed by atoms with E-state index >= 15 is 0 Å². The van der Waals surface area contributed by atoms with Gasteiger partial charge in [-0.3, -0.25) is 4.79 Å². The third-order valence-electron chi connectivity index (χ3n) is 4.09. The quantitative estimate of drug-likeness (QED) is 0.482. The van der Waals surface area contributed by atoms with Crippen LogP contribution in [-0.4, -0.2) is 13.3 Å². The Morgan fingerprint density at radius 2 is 1.05 bits per heavy atom. The molecule has 0 amide bonds. The topological polar surface area (TPSA) is 17.1 Å². The fourth-order valence-corrected chi connectivity index (χ4v) is 2.75. The second-order valence-electron chi connectivity index (χ2n) is 5.39. The zero-order valence-electron chi connectivity index (χ0n) is 12.5. The van der Waals surface area contributed by atoms with E-state index < -0.39 is 0 Å². The van der Waals surface area contributed by atoms with Gasteiger partial charge >= 0.3 is 0 Å². The van der Waals surface area contributed by atoms with Gasteiger partial charge in [0.05, 0.1) is 7.05 Å². The molecule has 108 valence electrons. The van der Waals surface area contributed by atoms with Gasteiger partial charge in [-0.05, 0) is 36.4 Å². The number of nitrogens with zero attached hydrogens (tertiary/aromatic N) is 1. The SMILES string of the molecule is C[N+](c1ccccc1)(c1ccccc1)c1ccc(C=O)cc1. The van der Waals surface area contributed by atoms with Crippen LogP contribution in [-0.2, 0) is 0 Å². The summed E-state index contributed by atoms with van der Waals surface area (Å²) in [6.07, 6.45) is 0.874. The minimum atomic E-state index is 0.556. The number of carbonyl (C=O) groups is 1. The molecule has 0 atom stereocenters. The molecule has 0 bridgehead atoms.